The second kappa shape index (κ2) is 15.6. The van der Waals surface area contributed by atoms with Gasteiger partial charge in [0.15, 0.2) is 0 Å². The Labute approximate surface area is 389 Å². The summed E-state index contributed by atoms with van der Waals surface area (Å²) in [6.07, 6.45) is 0.848. The molecule has 312 valence electrons. The first-order chi connectivity index (χ1) is 32.7. The van der Waals surface area contributed by atoms with Crippen molar-refractivity contribution in [3.8, 4) is 33.8 Å². The molecule has 0 fully saturated rings. The lowest BCUT2D eigenvalue weighted by Crippen LogP contribution is -2.34. The van der Waals surface area contributed by atoms with Crippen LogP contribution in [0.15, 0.2) is 243 Å². The molecule has 11 aromatic rings. The van der Waals surface area contributed by atoms with Crippen molar-refractivity contribution in [2.45, 2.75) is 17.8 Å². The Morgan fingerprint density at radius 2 is 1.03 bits per heavy atom. The van der Waals surface area contributed by atoms with Gasteiger partial charge in [-0.1, -0.05) is 188 Å². The molecule has 0 N–H and O–H groups in total. The molecule has 2 heterocycles. The highest BCUT2D eigenvalue weighted by atomic mass is 32.1. The van der Waals surface area contributed by atoms with E-state index in [-0.39, 0.29) is 5.92 Å². The summed E-state index contributed by atoms with van der Waals surface area (Å²) in [6, 6.07) is 89.1. The summed E-state index contributed by atoms with van der Waals surface area (Å²) in [5.41, 5.74) is 16.4. The topological polar surface area (TPSA) is 12.5 Å². The number of ether oxygens (including phenoxy) is 1. The van der Waals surface area contributed by atoms with Gasteiger partial charge in [0.1, 0.15) is 11.5 Å². The van der Waals surface area contributed by atoms with E-state index in [0.29, 0.717) is 0 Å². The van der Waals surface area contributed by atoms with E-state index < -0.39 is 5.41 Å². The van der Waals surface area contributed by atoms with Gasteiger partial charge >= 0.3 is 0 Å². The molecule has 13 rings (SSSR count). The van der Waals surface area contributed by atoms with Gasteiger partial charge in [0.2, 0.25) is 0 Å². The fourth-order valence-corrected chi connectivity index (χ4v) is 12.2. The molecular formula is C63H43NOS. The van der Waals surface area contributed by atoms with Gasteiger partial charge in [-0.15, -0.1) is 11.3 Å². The molecule has 10 aromatic carbocycles. The van der Waals surface area contributed by atoms with Gasteiger partial charge in [-0.3, -0.25) is 0 Å². The second-order valence-corrected chi connectivity index (χ2v) is 18.6. The molecule has 0 bridgehead atoms. The van der Waals surface area contributed by atoms with Crippen molar-refractivity contribution >= 4 is 48.6 Å². The fourth-order valence-electron chi connectivity index (χ4n) is 11.0. The smallest absolute Gasteiger partial charge is 0.134 e. The van der Waals surface area contributed by atoms with Gasteiger partial charge in [-0.05, 0) is 111 Å². The SMILES string of the molecule is c1ccc(-c2ccc(C(Cc3ccc4c(c3)-c3ccccc3C43c4ccccc4Oc4cccc(N(c5ccccc5)c5ccccc5)c43)c3ccc4c(c3)sc3ccccc34)cc2)cc1. The van der Waals surface area contributed by atoms with Crippen LogP contribution in [0.1, 0.15) is 44.9 Å². The van der Waals surface area contributed by atoms with E-state index in [1.807, 2.05) is 11.3 Å². The summed E-state index contributed by atoms with van der Waals surface area (Å²) in [7, 11) is 0. The first-order valence-corrected chi connectivity index (χ1v) is 23.6. The first kappa shape index (κ1) is 38.5. The van der Waals surface area contributed by atoms with Gasteiger partial charge < -0.3 is 9.64 Å². The number of hydrogen-bond acceptors (Lipinski definition) is 3. The van der Waals surface area contributed by atoms with E-state index in [4.69, 9.17) is 4.74 Å². The quantitative estimate of drug-likeness (QED) is 0.151. The number of rotatable bonds is 8. The minimum absolute atomic E-state index is 0.134. The van der Waals surface area contributed by atoms with Crippen LogP contribution < -0.4 is 9.64 Å². The van der Waals surface area contributed by atoms with Crippen LogP contribution in [0, 0.1) is 0 Å². The minimum Gasteiger partial charge on any atom is -0.457 e. The molecule has 2 nitrogen and oxygen atoms in total. The molecule has 1 spiro atoms. The monoisotopic (exact) mass is 861 g/mol. The van der Waals surface area contributed by atoms with Crippen LogP contribution in [0.5, 0.6) is 11.5 Å². The van der Waals surface area contributed by atoms with Crippen LogP contribution in [-0.2, 0) is 11.8 Å². The maximum absolute atomic E-state index is 6.99. The lowest BCUT2D eigenvalue weighted by atomic mass is 9.65. The number of hydrogen-bond donors (Lipinski definition) is 0. The van der Waals surface area contributed by atoms with Gasteiger partial charge in [-0.25, -0.2) is 0 Å². The van der Waals surface area contributed by atoms with Crippen LogP contribution in [0.4, 0.5) is 17.1 Å². The Morgan fingerprint density at radius 1 is 0.424 bits per heavy atom. The van der Waals surface area contributed by atoms with Crippen molar-refractivity contribution in [2.75, 3.05) is 4.90 Å². The van der Waals surface area contributed by atoms with Crippen molar-refractivity contribution in [1.29, 1.82) is 0 Å². The van der Waals surface area contributed by atoms with Gasteiger partial charge in [-0.2, -0.15) is 0 Å². The van der Waals surface area contributed by atoms with Crippen LogP contribution in [0.3, 0.4) is 0 Å². The van der Waals surface area contributed by atoms with Gasteiger partial charge in [0, 0.05) is 48.6 Å². The number of thiophene rings is 1. The normalized spacial score (nSPS) is 14.8. The number of nitrogens with zero attached hydrogens (tertiary/aromatic N) is 1. The summed E-state index contributed by atoms with van der Waals surface area (Å²) < 4.78 is 9.65. The van der Waals surface area contributed by atoms with E-state index in [2.05, 4.69) is 248 Å². The molecular weight excluding hydrogens is 819 g/mol. The largest absolute Gasteiger partial charge is 0.457 e. The molecule has 1 aliphatic carbocycles. The summed E-state index contributed by atoms with van der Waals surface area (Å²) in [5.74, 6) is 1.88. The summed E-state index contributed by atoms with van der Waals surface area (Å²) in [6.45, 7) is 0. The molecule has 3 heteroatoms. The number of anilines is 3. The third kappa shape index (κ3) is 6.08. The maximum Gasteiger partial charge on any atom is 0.134 e. The third-order valence-electron chi connectivity index (χ3n) is 13.9. The average molecular weight is 862 g/mol. The zero-order valence-corrected chi connectivity index (χ0v) is 37.0. The third-order valence-corrected chi connectivity index (χ3v) is 15.1. The van der Waals surface area contributed by atoms with Crippen LogP contribution in [0.25, 0.3) is 42.4 Å². The maximum atomic E-state index is 6.99. The summed E-state index contributed by atoms with van der Waals surface area (Å²) >= 11 is 1.89. The summed E-state index contributed by atoms with van der Waals surface area (Å²) in [5, 5.41) is 2.65. The van der Waals surface area contributed by atoms with Gasteiger partial charge in [0.05, 0.1) is 11.1 Å². The van der Waals surface area contributed by atoms with E-state index in [1.54, 1.807) is 0 Å². The summed E-state index contributed by atoms with van der Waals surface area (Å²) in [4.78, 5) is 2.40. The molecule has 1 aromatic heterocycles. The lowest BCUT2D eigenvalue weighted by molar-refractivity contribution is 0.437. The first-order valence-electron chi connectivity index (χ1n) is 22.8. The Balaban J connectivity index is 0.999. The molecule has 0 amide bonds. The fraction of sp³-hybridized carbons (Fsp3) is 0.0476. The molecule has 66 heavy (non-hydrogen) atoms. The van der Waals surface area contributed by atoms with Crippen LogP contribution >= 0.6 is 11.3 Å². The molecule has 0 radical (unpaired) electrons. The molecule has 0 saturated heterocycles. The zero-order chi connectivity index (χ0) is 43.6. The number of para-hydroxylation sites is 3. The Hall–Kier alpha value is -7.98. The Morgan fingerprint density at radius 3 is 1.82 bits per heavy atom. The highest BCUT2D eigenvalue weighted by Gasteiger charge is 2.53. The van der Waals surface area contributed by atoms with Crippen molar-refractivity contribution < 1.29 is 4.74 Å². The molecule has 2 atom stereocenters. The predicted molar refractivity (Wildman–Crippen MR) is 275 cm³/mol. The van der Waals surface area contributed by atoms with E-state index in [1.165, 1.54) is 70.2 Å². The number of benzene rings is 10. The highest BCUT2D eigenvalue weighted by molar-refractivity contribution is 7.25. The highest BCUT2D eigenvalue weighted by Crippen LogP contribution is 2.64. The number of fused-ring (bicyclic) bond motifs is 12. The standard InChI is InChI=1S/C63H43NOS/c1-4-17-43(18-5-1)44-32-34-45(35-33-44)52(46-36-37-51-50-24-11-15-30-60(50)66-61(51)41-46)39-42-31-38-55-53(40-42)49-23-10-12-25-54(49)63(55)56-26-13-14-28-58(56)65-59-29-16-27-57(62(59)63)64(47-19-6-2-7-20-47)48-21-8-3-9-22-48/h1-38,40-41,52H,39H2. The average Bonchev–Trinajstić information content (AvgIpc) is 3.90. The molecule has 1 aliphatic heterocycles. The molecule has 2 unspecified atom stereocenters. The van der Waals surface area contributed by atoms with E-state index in [0.717, 1.165) is 46.1 Å². The molecule has 2 aliphatic rings. The predicted octanol–water partition coefficient (Wildman–Crippen LogP) is 17.0. The van der Waals surface area contributed by atoms with Crippen LogP contribution in [-0.4, -0.2) is 0 Å². The van der Waals surface area contributed by atoms with Gasteiger partial charge in [0.25, 0.3) is 0 Å². The van der Waals surface area contributed by atoms with Crippen LogP contribution in [0.2, 0.25) is 0 Å². The Bertz CT molecular complexity index is 3560. The Kier molecular flexibility index (Phi) is 9.11. The van der Waals surface area contributed by atoms with Crippen molar-refractivity contribution in [2.24, 2.45) is 0 Å². The van der Waals surface area contributed by atoms with E-state index >= 15 is 0 Å². The van der Waals surface area contributed by atoms with Crippen molar-refractivity contribution in [3.63, 3.8) is 0 Å². The minimum atomic E-state index is -0.661. The second-order valence-electron chi connectivity index (χ2n) is 17.5. The van der Waals surface area contributed by atoms with E-state index in [9.17, 15) is 0 Å². The lowest BCUT2D eigenvalue weighted by Gasteiger charge is -2.42. The van der Waals surface area contributed by atoms with Crippen molar-refractivity contribution in [1.82, 2.24) is 0 Å². The zero-order valence-electron chi connectivity index (χ0n) is 36.1. The van der Waals surface area contributed by atoms with Crippen molar-refractivity contribution in [3.05, 3.63) is 282 Å². The molecule has 0 saturated carbocycles.